The molecule has 156 valence electrons. The van der Waals surface area contributed by atoms with E-state index in [1.165, 1.54) is 0 Å². The summed E-state index contributed by atoms with van der Waals surface area (Å²) in [6.07, 6.45) is 1.76. The number of piperidine rings is 1. The normalized spacial score (nSPS) is 16.2. The van der Waals surface area contributed by atoms with Crippen LogP contribution in [0, 0.1) is 0 Å². The van der Waals surface area contributed by atoms with Crippen LogP contribution in [0.15, 0.2) is 53.1 Å². The number of likely N-dealkylation sites (tertiary alicyclic amines) is 1. The average Bonchev–Trinajstić information content (AvgIpc) is 3.30. The molecule has 30 heavy (non-hydrogen) atoms. The number of amides is 2. The van der Waals surface area contributed by atoms with E-state index in [-0.39, 0.29) is 11.9 Å². The largest absolute Gasteiger partial charge is 0.497 e. The summed E-state index contributed by atoms with van der Waals surface area (Å²) in [5, 5.41) is 7.05. The fourth-order valence-corrected chi connectivity index (χ4v) is 3.55. The van der Waals surface area contributed by atoms with E-state index in [1.54, 1.807) is 25.2 Å². The van der Waals surface area contributed by atoms with Gasteiger partial charge in [0.05, 0.1) is 20.1 Å². The van der Waals surface area contributed by atoms with Crippen LogP contribution in [0.2, 0.25) is 0 Å². The summed E-state index contributed by atoms with van der Waals surface area (Å²) in [5.41, 5.74) is 1.52. The molecule has 2 heterocycles. The number of hydrogen-bond acceptors (Lipinski definition) is 6. The number of carbonyl (C=O) groups excluding carboxylic acids is 1. The summed E-state index contributed by atoms with van der Waals surface area (Å²) in [7, 11) is 3.22. The summed E-state index contributed by atoms with van der Waals surface area (Å²) < 4.78 is 16.0. The second kappa shape index (κ2) is 8.86. The number of urea groups is 1. The van der Waals surface area contributed by atoms with E-state index in [1.807, 2.05) is 42.5 Å². The van der Waals surface area contributed by atoms with Gasteiger partial charge in [-0.15, -0.1) is 0 Å². The van der Waals surface area contributed by atoms with Crippen LogP contribution in [0.5, 0.6) is 11.5 Å². The number of nitrogens with zero attached hydrogens (tertiary/aromatic N) is 3. The molecule has 2 aromatic carbocycles. The number of aromatic nitrogens is 2. The van der Waals surface area contributed by atoms with Gasteiger partial charge in [-0.1, -0.05) is 23.4 Å². The van der Waals surface area contributed by atoms with Crippen LogP contribution in [0.1, 0.15) is 24.7 Å². The molecule has 0 spiro atoms. The zero-order chi connectivity index (χ0) is 20.9. The van der Waals surface area contributed by atoms with Crippen molar-refractivity contribution in [3.05, 3.63) is 54.4 Å². The second-order valence-corrected chi connectivity index (χ2v) is 7.14. The fraction of sp³-hybridized carbons (Fsp3) is 0.318. The molecule has 1 N–H and O–H groups in total. The van der Waals surface area contributed by atoms with Crippen molar-refractivity contribution < 1.29 is 18.8 Å². The molecular formula is C22H24N4O4. The Hall–Kier alpha value is -3.55. The number of hydrogen-bond donors (Lipinski definition) is 1. The van der Waals surface area contributed by atoms with E-state index in [0.717, 1.165) is 24.2 Å². The first kappa shape index (κ1) is 19.8. The maximum Gasteiger partial charge on any atom is 0.321 e. The molecule has 1 aliphatic rings. The number of ether oxygens (including phenoxy) is 2. The van der Waals surface area contributed by atoms with Crippen LogP contribution in [0.25, 0.3) is 11.4 Å². The van der Waals surface area contributed by atoms with E-state index >= 15 is 0 Å². The topological polar surface area (TPSA) is 89.7 Å². The van der Waals surface area contributed by atoms with Gasteiger partial charge in [-0.3, -0.25) is 0 Å². The van der Waals surface area contributed by atoms with Gasteiger partial charge in [-0.25, -0.2) is 4.79 Å². The molecule has 1 saturated heterocycles. The highest BCUT2D eigenvalue weighted by atomic mass is 16.5. The van der Waals surface area contributed by atoms with Crippen molar-refractivity contribution in [1.29, 1.82) is 0 Å². The fourth-order valence-electron chi connectivity index (χ4n) is 3.55. The molecule has 0 bridgehead atoms. The Bertz CT molecular complexity index is 1020. The van der Waals surface area contributed by atoms with E-state index < -0.39 is 0 Å². The van der Waals surface area contributed by atoms with Gasteiger partial charge in [0.25, 0.3) is 0 Å². The molecule has 0 unspecified atom stereocenters. The standard InChI is InChI=1S/C22H24N4O4/c1-28-18-9-3-6-15(12-18)20-24-21(30-25-20)16-7-5-11-26(14-16)22(27)23-17-8-4-10-19(13-17)29-2/h3-4,6,8-10,12-13,16H,5,7,11,14H2,1-2H3,(H,23,27)/t16-/m1/s1. The lowest BCUT2D eigenvalue weighted by Gasteiger charge is -2.31. The third-order valence-corrected chi connectivity index (χ3v) is 5.15. The van der Waals surface area contributed by atoms with Crippen LogP contribution in [0.4, 0.5) is 10.5 Å². The smallest absolute Gasteiger partial charge is 0.321 e. The Kier molecular flexibility index (Phi) is 5.83. The lowest BCUT2D eigenvalue weighted by atomic mass is 9.98. The van der Waals surface area contributed by atoms with E-state index in [2.05, 4.69) is 15.5 Å². The molecule has 1 fully saturated rings. The summed E-state index contributed by atoms with van der Waals surface area (Å²) in [6.45, 7) is 1.21. The molecular weight excluding hydrogens is 384 g/mol. The molecule has 0 radical (unpaired) electrons. The van der Waals surface area contributed by atoms with Gasteiger partial charge in [-0.2, -0.15) is 4.98 Å². The number of carbonyl (C=O) groups is 1. The number of methoxy groups -OCH3 is 2. The zero-order valence-electron chi connectivity index (χ0n) is 17.0. The molecule has 0 saturated carbocycles. The summed E-state index contributed by atoms with van der Waals surface area (Å²) in [5.74, 6) is 2.49. The monoisotopic (exact) mass is 408 g/mol. The van der Waals surface area contributed by atoms with Crippen molar-refractivity contribution in [2.45, 2.75) is 18.8 Å². The molecule has 3 aromatic rings. The van der Waals surface area contributed by atoms with E-state index in [0.29, 0.717) is 36.2 Å². The third kappa shape index (κ3) is 4.37. The van der Waals surface area contributed by atoms with Crippen molar-refractivity contribution in [2.24, 2.45) is 0 Å². The average molecular weight is 408 g/mol. The highest BCUT2D eigenvalue weighted by Gasteiger charge is 2.29. The van der Waals surface area contributed by atoms with Crippen molar-refractivity contribution in [3.63, 3.8) is 0 Å². The quantitative estimate of drug-likeness (QED) is 0.682. The van der Waals surface area contributed by atoms with E-state index in [4.69, 9.17) is 14.0 Å². The molecule has 1 aromatic heterocycles. The minimum atomic E-state index is -0.152. The van der Waals surface area contributed by atoms with Crippen LogP contribution in [-0.2, 0) is 0 Å². The minimum absolute atomic E-state index is 0.00154. The number of anilines is 1. The van der Waals surface area contributed by atoms with E-state index in [9.17, 15) is 4.79 Å². The number of rotatable bonds is 5. The van der Waals surface area contributed by atoms with Gasteiger partial charge in [-0.05, 0) is 37.1 Å². The molecule has 1 atom stereocenters. The highest BCUT2D eigenvalue weighted by molar-refractivity contribution is 5.89. The van der Waals surface area contributed by atoms with Crippen molar-refractivity contribution in [3.8, 4) is 22.9 Å². The number of benzene rings is 2. The molecule has 2 amide bonds. The summed E-state index contributed by atoms with van der Waals surface area (Å²) in [6, 6.07) is 14.7. The highest BCUT2D eigenvalue weighted by Crippen LogP contribution is 2.29. The van der Waals surface area contributed by atoms with Gasteiger partial charge in [0.1, 0.15) is 11.5 Å². The first-order valence-corrected chi connectivity index (χ1v) is 9.84. The predicted molar refractivity (Wildman–Crippen MR) is 112 cm³/mol. The SMILES string of the molecule is COc1cccc(NC(=O)N2CCC[C@@H](c3nc(-c4cccc(OC)c4)no3)C2)c1. The van der Waals surface area contributed by atoms with Crippen LogP contribution >= 0.6 is 0 Å². The summed E-state index contributed by atoms with van der Waals surface area (Å²) in [4.78, 5) is 19.1. The predicted octanol–water partition coefficient (Wildman–Crippen LogP) is 4.17. The van der Waals surface area contributed by atoms with Crippen LogP contribution < -0.4 is 14.8 Å². The van der Waals surface area contributed by atoms with Gasteiger partial charge in [0.15, 0.2) is 0 Å². The Labute approximate surface area is 174 Å². The molecule has 8 nitrogen and oxygen atoms in total. The lowest BCUT2D eigenvalue weighted by molar-refractivity contribution is 0.184. The summed E-state index contributed by atoms with van der Waals surface area (Å²) >= 11 is 0. The maximum atomic E-state index is 12.7. The molecule has 0 aliphatic carbocycles. The van der Waals surface area contributed by atoms with Gasteiger partial charge in [0.2, 0.25) is 11.7 Å². The Morgan fingerprint density at radius 2 is 1.90 bits per heavy atom. The minimum Gasteiger partial charge on any atom is -0.497 e. The van der Waals surface area contributed by atoms with Gasteiger partial charge in [0, 0.05) is 30.4 Å². The Balaban J connectivity index is 1.43. The van der Waals surface area contributed by atoms with Gasteiger partial charge >= 0.3 is 6.03 Å². The Morgan fingerprint density at radius 1 is 1.13 bits per heavy atom. The van der Waals surface area contributed by atoms with Crippen molar-refractivity contribution in [2.75, 3.05) is 32.6 Å². The third-order valence-electron chi connectivity index (χ3n) is 5.15. The van der Waals surface area contributed by atoms with Crippen LogP contribution in [0.3, 0.4) is 0 Å². The first-order valence-electron chi connectivity index (χ1n) is 9.84. The number of nitrogens with one attached hydrogen (secondary N) is 1. The van der Waals surface area contributed by atoms with Gasteiger partial charge < -0.3 is 24.2 Å². The molecule has 1 aliphatic heterocycles. The maximum absolute atomic E-state index is 12.7. The van der Waals surface area contributed by atoms with Crippen molar-refractivity contribution >= 4 is 11.7 Å². The van der Waals surface area contributed by atoms with Crippen LogP contribution in [-0.4, -0.2) is 48.4 Å². The Morgan fingerprint density at radius 3 is 2.70 bits per heavy atom. The molecule has 8 heteroatoms. The molecule has 4 rings (SSSR count). The zero-order valence-corrected chi connectivity index (χ0v) is 17.0. The van der Waals surface area contributed by atoms with Crippen molar-refractivity contribution in [1.82, 2.24) is 15.0 Å². The lowest BCUT2D eigenvalue weighted by Crippen LogP contribution is -2.41. The second-order valence-electron chi connectivity index (χ2n) is 7.14. The first-order chi connectivity index (χ1) is 14.7.